The van der Waals surface area contributed by atoms with Crippen molar-refractivity contribution in [1.82, 2.24) is 4.90 Å². The quantitative estimate of drug-likeness (QED) is 0.756. The first-order valence-electron chi connectivity index (χ1n) is 8.34. The molecule has 116 valence electrons. The van der Waals surface area contributed by atoms with Crippen molar-refractivity contribution >= 4 is 0 Å². The Bertz CT molecular complexity index is 509. The van der Waals surface area contributed by atoms with Gasteiger partial charge in [-0.1, -0.05) is 74.0 Å². The Morgan fingerprint density at radius 3 is 2.00 bits per heavy atom. The Labute approximate surface area is 133 Å². The van der Waals surface area contributed by atoms with Crippen LogP contribution < -0.4 is 0 Å². The smallest absolute Gasteiger partial charge is 0.108 e. The van der Waals surface area contributed by atoms with Crippen molar-refractivity contribution in [2.45, 2.75) is 32.0 Å². The van der Waals surface area contributed by atoms with Crippen LogP contribution in [0.2, 0.25) is 0 Å². The summed E-state index contributed by atoms with van der Waals surface area (Å²) in [6.45, 7) is 5.58. The summed E-state index contributed by atoms with van der Waals surface area (Å²) in [4.78, 5) is 2.49. The molecule has 0 saturated carbocycles. The van der Waals surface area contributed by atoms with Crippen LogP contribution in [0.3, 0.4) is 0 Å². The fraction of sp³-hybridized carbons (Fsp3) is 0.400. The van der Waals surface area contributed by atoms with E-state index in [9.17, 15) is 0 Å². The molecule has 0 radical (unpaired) electrons. The van der Waals surface area contributed by atoms with E-state index in [0.29, 0.717) is 6.10 Å². The summed E-state index contributed by atoms with van der Waals surface area (Å²) in [6, 6.07) is 21.1. The number of rotatable bonds is 7. The van der Waals surface area contributed by atoms with Crippen LogP contribution in [0.5, 0.6) is 0 Å². The van der Waals surface area contributed by atoms with Gasteiger partial charge in [0.1, 0.15) is 6.10 Å². The van der Waals surface area contributed by atoms with Crippen LogP contribution in [0.4, 0.5) is 0 Å². The van der Waals surface area contributed by atoms with Crippen LogP contribution >= 0.6 is 0 Å². The van der Waals surface area contributed by atoms with Crippen molar-refractivity contribution in [1.29, 1.82) is 0 Å². The summed E-state index contributed by atoms with van der Waals surface area (Å²) in [7, 11) is 0. The highest BCUT2D eigenvalue weighted by atomic mass is 16.5. The molecule has 1 heterocycles. The molecular weight excluding hydrogens is 270 g/mol. The number of benzene rings is 2. The van der Waals surface area contributed by atoms with Gasteiger partial charge in [0.05, 0.1) is 6.10 Å². The zero-order chi connectivity index (χ0) is 15.2. The van der Waals surface area contributed by atoms with Crippen molar-refractivity contribution in [2.75, 3.05) is 19.6 Å². The zero-order valence-electron chi connectivity index (χ0n) is 13.3. The standard InChI is InChI=1S/C20H25NO/c1-2-3-14-21-15-19(16-21)22-20(17-10-6-4-7-11-17)18-12-8-5-9-13-18/h4-13,19-20H,2-3,14-16H2,1H3. The molecule has 2 heteroatoms. The third-order valence-electron chi connectivity index (χ3n) is 4.28. The van der Waals surface area contributed by atoms with Gasteiger partial charge < -0.3 is 4.74 Å². The lowest BCUT2D eigenvalue weighted by molar-refractivity contribution is -0.0810. The van der Waals surface area contributed by atoms with Crippen LogP contribution in [-0.4, -0.2) is 30.6 Å². The lowest BCUT2D eigenvalue weighted by atomic mass is 10.0. The summed E-state index contributed by atoms with van der Waals surface area (Å²) in [5, 5.41) is 0. The molecule has 1 fully saturated rings. The third kappa shape index (κ3) is 3.76. The first-order valence-corrected chi connectivity index (χ1v) is 8.34. The summed E-state index contributed by atoms with van der Waals surface area (Å²) >= 11 is 0. The average molecular weight is 295 g/mol. The van der Waals surface area contributed by atoms with E-state index in [0.717, 1.165) is 13.1 Å². The molecule has 0 aromatic heterocycles. The second kappa shape index (κ2) is 7.57. The monoisotopic (exact) mass is 295 g/mol. The van der Waals surface area contributed by atoms with E-state index in [2.05, 4.69) is 72.5 Å². The Morgan fingerprint density at radius 2 is 1.50 bits per heavy atom. The van der Waals surface area contributed by atoms with E-state index in [-0.39, 0.29) is 6.10 Å². The molecule has 1 saturated heterocycles. The predicted molar refractivity (Wildman–Crippen MR) is 90.9 cm³/mol. The van der Waals surface area contributed by atoms with Gasteiger partial charge in [0.15, 0.2) is 0 Å². The maximum atomic E-state index is 6.43. The molecule has 2 aromatic rings. The van der Waals surface area contributed by atoms with Gasteiger partial charge in [-0.25, -0.2) is 0 Å². The second-order valence-corrected chi connectivity index (χ2v) is 6.07. The Hall–Kier alpha value is -1.64. The van der Waals surface area contributed by atoms with Crippen LogP contribution in [0.15, 0.2) is 60.7 Å². The minimum absolute atomic E-state index is 0.0423. The summed E-state index contributed by atoms with van der Waals surface area (Å²) in [5.41, 5.74) is 2.47. The van der Waals surface area contributed by atoms with Crippen molar-refractivity contribution in [3.63, 3.8) is 0 Å². The molecule has 22 heavy (non-hydrogen) atoms. The normalized spacial score (nSPS) is 15.9. The van der Waals surface area contributed by atoms with Gasteiger partial charge >= 0.3 is 0 Å². The van der Waals surface area contributed by atoms with Crippen LogP contribution in [0, 0.1) is 0 Å². The Balaban J connectivity index is 1.66. The molecule has 0 unspecified atom stereocenters. The van der Waals surface area contributed by atoms with Gasteiger partial charge in [0.25, 0.3) is 0 Å². The molecule has 0 amide bonds. The molecule has 0 N–H and O–H groups in total. The highest BCUT2D eigenvalue weighted by Gasteiger charge is 2.30. The summed E-state index contributed by atoms with van der Waals surface area (Å²) in [5.74, 6) is 0. The fourth-order valence-electron chi connectivity index (χ4n) is 2.97. The number of hydrogen-bond donors (Lipinski definition) is 0. The van der Waals surface area contributed by atoms with Crippen molar-refractivity contribution < 1.29 is 4.74 Å². The lowest BCUT2D eigenvalue weighted by Gasteiger charge is -2.41. The predicted octanol–water partition coefficient (Wildman–Crippen LogP) is 4.28. The molecule has 0 bridgehead atoms. The molecule has 1 aliphatic rings. The zero-order valence-corrected chi connectivity index (χ0v) is 13.3. The SMILES string of the molecule is CCCCN1CC(OC(c2ccccc2)c2ccccc2)C1. The van der Waals surface area contributed by atoms with Gasteiger partial charge in [-0.15, -0.1) is 0 Å². The second-order valence-electron chi connectivity index (χ2n) is 6.07. The highest BCUT2D eigenvalue weighted by Crippen LogP contribution is 2.29. The van der Waals surface area contributed by atoms with E-state index in [1.54, 1.807) is 0 Å². The first kappa shape index (κ1) is 15.3. The average Bonchev–Trinajstić information content (AvgIpc) is 2.55. The van der Waals surface area contributed by atoms with Crippen molar-refractivity contribution in [3.8, 4) is 0 Å². The number of likely N-dealkylation sites (tertiary alicyclic amines) is 1. The van der Waals surface area contributed by atoms with E-state index < -0.39 is 0 Å². The largest absolute Gasteiger partial charge is 0.363 e. The minimum atomic E-state index is 0.0423. The minimum Gasteiger partial charge on any atom is -0.363 e. The summed E-state index contributed by atoms with van der Waals surface area (Å²) < 4.78 is 6.43. The number of ether oxygens (including phenoxy) is 1. The lowest BCUT2D eigenvalue weighted by Crippen LogP contribution is -2.52. The molecule has 2 aromatic carbocycles. The summed E-state index contributed by atoms with van der Waals surface area (Å²) in [6.07, 6.45) is 2.94. The number of nitrogens with zero attached hydrogens (tertiary/aromatic N) is 1. The van der Waals surface area contributed by atoms with Gasteiger partial charge in [0.2, 0.25) is 0 Å². The number of hydrogen-bond acceptors (Lipinski definition) is 2. The van der Waals surface area contributed by atoms with Gasteiger partial charge in [0, 0.05) is 13.1 Å². The molecule has 0 atom stereocenters. The molecule has 2 nitrogen and oxygen atoms in total. The van der Waals surface area contributed by atoms with Gasteiger partial charge in [-0.2, -0.15) is 0 Å². The van der Waals surface area contributed by atoms with E-state index in [1.807, 2.05) is 0 Å². The topological polar surface area (TPSA) is 12.5 Å². The third-order valence-corrected chi connectivity index (χ3v) is 4.28. The van der Waals surface area contributed by atoms with E-state index in [1.165, 1.54) is 30.5 Å². The molecule has 3 rings (SSSR count). The van der Waals surface area contributed by atoms with Crippen LogP contribution in [0.25, 0.3) is 0 Å². The molecule has 0 spiro atoms. The van der Waals surface area contributed by atoms with Crippen molar-refractivity contribution in [2.24, 2.45) is 0 Å². The van der Waals surface area contributed by atoms with Crippen molar-refractivity contribution in [3.05, 3.63) is 71.8 Å². The maximum Gasteiger partial charge on any atom is 0.108 e. The van der Waals surface area contributed by atoms with Gasteiger partial charge in [-0.05, 0) is 24.1 Å². The maximum absolute atomic E-state index is 6.43. The highest BCUT2D eigenvalue weighted by molar-refractivity contribution is 5.30. The fourth-order valence-corrected chi connectivity index (χ4v) is 2.97. The molecule has 0 aliphatic carbocycles. The van der Waals surface area contributed by atoms with E-state index in [4.69, 9.17) is 4.74 Å². The van der Waals surface area contributed by atoms with Crippen LogP contribution in [-0.2, 0) is 4.74 Å². The Kier molecular flexibility index (Phi) is 5.25. The molecule has 1 aliphatic heterocycles. The van der Waals surface area contributed by atoms with Gasteiger partial charge in [-0.3, -0.25) is 4.90 Å². The Morgan fingerprint density at radius 1 is 0.955 bits per heavy atom. The number of unbranched alkanes of at least 4 members (excludes halogenated alkanes) is 1. The molecular formula is C20H25NO. The first-order chi connectivity index (χ1) is 10.9. The van der Waals surface area contributed by atoms with Crippen LogP contribution in [0.1, 0.15) is 37.0 Å². The van der Waals surface area contributed by atoms with E-state index >= 15 is 0 Å².